The summed E-state index contributed by atoms with van der Waals surface area (Å²) in [6.45, 7) is 3.51. The first-order valence-corrected chi connectivity index (χ1v) is 9.00. The second-order valence-electron chi connectivity index (χ2n) is 5.67. The lowest BCUT2D eigenvalue weighted by Crippen LogP contribution is -2.19. The molecule has 2 N–H and O–H groups in total. The topological polar surface area (TPSA) is 101 Å². The molecule has 2 aromatic rings. The molecule has 2 rings (SSSR count). The Morgan fingerprint density at radius 3 is 2.35 bits per heavy atom. The van der Waals surface area contributed by atoms with E-state index in [1.165, 1.54) is 23.9 Å². The number of aryl methyl sites for hydroxylation is 1. The summed E-state index contributed by atoms with van der Waals surface area (Å²) in [6, 6.07) is 12.0. The van der Waals surface area contributed by atoms with Crippen LogP contribution in [0.1, 0.15) is 11.1 Å². The predicted octanol–water partition coefficient (Wildman–Crippen LogP) is 3.52. The molecule has 0 atom stereocenters. The average molecular weight is 373 g/mol. The Labute approximate surface area is 155 Å². The van der Waals surface area contributed by atoms with Crippen LogP contribution in [0, 0.1) is 24.0 Å². The summed E-state index contributed by atoms with van der Waals surface area (Å²) in [4.78, 5) is 34.3. The number of rotatable bonds is 7. The highest BCUT2D eigenvalue weighted by Crippen LogP contribution is 2.25. The van der Waals surface area contributed by atoms with Crippen LogP contribution in [-0.4, -0.2) is 28.2 Å². The lowest BCUT2D eigenvalue weighted by Gasteiger charge is -2.09. The van der Waals surface area contributed by atoms with Crippen LogP contribution in [0.4, 0.5) is 17.1 Å². The molecule has 0 radical (unpaired) electrons. The van der Waals surface area contributed by atoms with Gasteiger partial charge in [0.1, 0.15) is 0 Å². The van der Waals surface area contributed by atoms with Crippen molar-refractivity contribution in [1.82, 2.24) is 0 Å². The van der Waals surface area contributed by atoms with Gasteiger partial charge in [0.25, 0.3) is 5.69 Å². The van der Waals surface area contributed by atoms with E-state index in [4.69, 9.17) is 0 Å². The van der Waals surface area contributed by atoms with Crippen molar-refractivity contribution in [2.45, 2.75) is 13.8 Å². The third kappa shape index (κ3) is 5.59. The van der Waals surface area contributed by atoms with E-state index >= 15 is 0 Å². The lowest BCUT2D eigenvalue weighted by molar-refractivity contribution is -0.385. The number of hydrogen-bond acceptors (Lipinski definition) is 5. The molecular weight excluding hydrogens is 354 g/mol. The van der Waals surface area contributed by atoms with Crippen LogP contribution in [0.5, 0.6) is 0 Å². The smallest absolute Gasteiger partial charge is 0.274 e. The fraction of sp³-hybridized carbons (Fsp3) is 0.222. The number of nitrogens with one attached hydrogen (secondary N) is 2. The van der Waals surface area contributed by atoms with Crippen LogP contribution in [0.25, 0.3) is 0 Å². The predicted molar refractivity (Wildman–Crippen MR) is 104 cm³/mol. The van der Waals surface area contributed by atoms with Gasteiger partial charge in [-0.1, -0.05) is 18.2 Å². The standard InChI is InChI=1S/C18H19N3O4S/c1-12-5-3-6-14(9-12)19-17(22)10-26-11-18(23)20-15-7-4-8-16(13(15)2)21(24)25/h3-9H,10-11H2,1-2H3,(H,19,22)(H,20,23). The van der Waals surface area contributed by atoms with Crippen molar-refractivity contribution in [3.8, 4) is 0 Å². The summed E-state index contributed by atoms with van der Waals surface area (Å²) in [5.74, 6) is -0.305. The van der Waals surface area contributed by atoms with Gasteiger partial charge in [-0.25, -0.2) is 0 Å². The van der Waals surface area contributed by atoms with Crippen LogP contribution in [-0.2, 0) is 9.59 Å². The molecule has 0 aliphatic heterocycles. The summed E-state index contributed by atoms with van der Waals surface area (Å²) >= 11 is 1.17. The van der Waals surface area contributed by atoms with E-state index in [-0.39, 0.29) is 29.0 Å². The van der Waals surface area contributed by atoms with Gasteiger partial charge in [-0.05, 0) is 37.6 Å². The van der Waals surface area contributed by atoms with Gasteiger partial charge in [0.2, 0.25) is 11.8 Å². The minimum Gasteiger partial charge on any atom is -0.325 e. The van der Waals surface area contributed by atoms with Gasteiger partial charge in [-0.2, -0.15) is 0 Å². The lowest BCUT2D eigenvalue weighted by atomic mass is 10.1. The van der Waals surface area contributed by atoms with Gasteiger partial charge in [-0.15, -0.1) is 11.8 Å². The van der Waals surface area contributed by atoms with Crippen molar-refractivity contribution >= 4 is 40.6 Å². The second kappa shape index (κ2) is 9.00. The molecule has 0 spiro atoms. The van der Waals surface area contributed by atoms with Crippen LogP contribution < -0.4 is 10.6 Å². The number of nitrogens with zero attached hydrogens (tertiary/aromatic N) is 1. The molecule has 0 aliphatic rings. The van der Waals surface area contributed by atoms with Gasteiger partial charge in [0, 0.05) is 11.8 Å². The number of amides is 2. The first-order valence-electron chi connectivity index (χ1n) is 7.85. The summed E-state index contributed by atoms with van der Waals surface area (Å²) < 4.78 is 0. The summed E-state index contributed by atoms with van der Waals surface area (Å²) in [5.41, 5.74) is 2.50. The number of carbonyl (C=O) groups excluding carboxylic acids is 2. The molecule has 8 heteroatoms. The highest BCUT2D eigenvalue weighted by Gasteiger charge is 2.15. The van der Waals surface area contributed by atoms with E-state index < -0.39 is 4.92 Å². The maximum atomic E-state index is 12.0. The van der Waals surface area contributed by atoms with E-state index in [1.54, 1.807) is 19.1 Å². The summed E-state index contributed by atoms with van der Waals surface area (Å²) in [5, 5.41) is 16.3. The van der Waals surface area contributed by atoms with Gasteiger partial charge >= 0.3 is 0 Å². The number of carbonyl (C=O) groups is 2. The first-order chi connectivity index (χ1) is 12.4. The Morgan fingerprint density at radius 1 is 1.04 bits per heavy atom. The van der Waals surface area contributed by atoms with Crippen molar-refractivity contribution in [1.29, 1.82) is 0 Å². The molecule has 0 fully saturated rings. The van der Waals surface area contributed by atoms with Gasteiger partial charge in [-0.3, -0.25) is 19.7 Å². The van der Waals surface area contributed by atoms with E-state index in [0.717, 1.165) is 5.56 Å². The number of benzene rings is 2. The molecule has 2 aromatic carbocycles. The number of thioether (sulfide) groups is 1. The van der Waals surface area contributed by atoms with E-state index in [9.17, 15) is 19.7 Å². The van der Waals surface area contributed by atoms with Crippen molar-refractivity contribution in [2.24, 2.45) is 0 Å². The van der Waals surface area contributed by atoms with Crippen molar-refractivity contribution in [2.75, 3.05) is 22.1 Å². The largest absolute Gasteiger partial charge is 0.325 e. The fourth-order valence-electron chi connectivity index (χ4n) is 2.30. The minimum absolute atomic E-state index is 0.0482. The fourth-order valence-corrected chi connectivity index (χ4v) is 2.92. The number of hydrogen-bond donors (Lipinski definition) is 2. The Bertz CT molecular complexity index is 839. The zero-order chi connectivity index (χ0) is 19.1. The Hall–Kier alpha value is -2.87. The first kappa shape index (κ1) is 19.5. The molecule has 0 saturated carbocycles. The highest BCUT2D eigenvalue weighted by molar-refractivity contribution is 8.00. The zero-order valence-corrected chi connectivity index (χ0v) is 15.3. The van der Waals surface area contributed by atoms with E-state index in [1.807, 2.05) is 25.1 Å². The summed E-state index contributed by atoms with van der Waals surface area (Å²) in [6.07, 6.45) is 0. The van der Waals surface area contributed by atoms with Crippen molar-refractivity contribution < 1.29 is 14.5 Å². The second-order valence-corrected chi connectivity index (χ2v) is 6.65. The van der Waals surface area contributed by atoms with E-state index in [0.29, 0.717) is 16.9 Å². The molecule has 26 heavy (non-hydrogen) atoms. The normalized spacial score (nSPS) is 10.2. The SMILES string of the molecule is Cc1cccc(NC(=O)CSCC(=O)Nc2cccc([N+](=O)[O-])c2C)c1. The quantitative estimate of drug-likeness (QED) is 0.571. The molecule has 0 unspecified atom stereocenters. The zero-order valence-electron chi connectivity index (χ0n) is 14.4. The van der Waals surface area contributed by atoms with Crippen molar-refractivity contribution in [3.05, 3.63) is 63.7 Å². The van der Waals surface area contributed by atoms with Crippen LogP contribution >= 0.6 is 11.8 Å². The molecule has 0 heterocycles. The molecule has 7 nitrogen and oxygen atoms in total. The molecule has 0 aromatic heterocycles. The third-order valence-electron chi connectivity index (χ3n) is 3.54. The van der Waals surface area contributed by atoms with Gasteiger partial charge in [0.15, 0.2) is 0 Å². The third-order valence-corrected chi connectivity index (χ3v) is 4.48. The molecular formula is C18H19N3O4S. The maximum Gasteiger partial charge on any atom is 0.274 e. The Balaban J connectivity index is 1.81. The van der Waals surface area contributed by atoms with Gasteiger partial charge in [0.05, 0.1) is 27.7 Å². The highest BCUT2D eigenvalue weighted by atomic mass is 32.2. The van der Waals surface area contributed by atoms with Crippen LogP contribution in [0.15, 0.2) is 42.5 Å². The Kier molecular flexibility index (Phi) is 6.74. The van der Waals surface area contributed by atoms with Gasteiger partial charge < -0.3 is 10.6 Å². The molecule has 2 amide bonds. The number of nitro groups is 1. The molecule has 0 bridgehead atoms. The summed E-state index contributed by atoms with van der Waals surface area (Å²) in [7, 11) is 0. The molecule has 0 saturated heterocycles. The molecule has 0 aliphatic carbocycles. The van der Waals surface area contributed by atoms with Crippen LogP contribution in [0.3, 0.4) is 0 Å². The van der Waals surface area contributed by atoms with Crippen molar-refractivity contribution in [3.63, 3.8) is 0 Å². The monoisotopic (exact) mass is 373 g/mol. The number of anilines is 2. The average Bonchev–Trinajstić information content (AvgIpc) is 2.56. The number of nitro benzene ring substituents is 1. The van der Waals surface area contributed by atoms with E-state index in [2.05, 4.69) is 10.6 Å². The minimum atomic E-state index is -0.491. The molecule has 136 valence electrons. The van der Waals surface area contributed by atoms with Crippen LogP contribution in [0.2, 0.25) is 0 Å². The Morgan fingerprint density at radius 2 is 1.69 bits per heavy atom. The maximum absolute atomic E-state index is 12.0.